The van der Waals surface area contributed by atoms with E-state index in [1.807, 2.05) is 6.07 Å². The quantitative estimate of drug-likeness (QED) is 0.882. The maximum Gasteiger partial charge on any atom is 0.198 e. The molecule has 1 aliphatic rings. The van der Waals surface area contributed by atoms with E-state index < -0.39 is 0 Å². The van der Waals surface area contributed by atoms with Gasteiger partial charge in [-0.05, 0) is 12.1 Å². The number of oxazole rings is 1. The van der Waals surface area contributed by atoms with E-state index in [2.05, 4.69) is 41.2 Å². The lowest BCUT2D eigenvalue weighted by Crippen LogP contribution is -2.43. The maximum absolute atomic E-state index is 5.81. The number of benzene rings is 1. The van der Waals surface area contributed by atoms with E-state index in [1.54, 1.807) is 0 Å². The van der Waals surface area contributed by atoms with Crippen molar-refractivity contribution in [2.75, 3.05) is 31.1 Å². The average Bonchev–Trinajstić information content (AvgIpc) is 2.83. The summed E-state index contributed by atoms with van der Waals surface area (Å²) in [6.45, 7) is 8.34. The van der Waals surface area contributed by atoms with Gasteiger partial charge in [0.1, 0.15) is 5.52 Å². The van der Waals surface area contributed by atoms with Crippen molar-refractivity contribution in [2.45, 2.75) is 19.8 Å². The van der Waals surface area contributed by atoms with Crippen LogP contribution in [0.4, 0.5) is 5.69 Å². The van der Waals surface area contributed by atoms with Gasteiger partial charge in [0.25, 0.3) is 0 Å². The minimum absolute atomic E-state index is 0.327. The van der Waals surface area contributed by atoms with Crippen molar-refractivity contribution in [3.8, 4) is 0 Å². The van der Waals surface area contributed by atoms with E-state index in [9.17, 15) is 0 Å². The van der Waals surface area contributed by atoms with Crippen LogP contribution in [0.25, 0.3) is 11.1 Å². The van der Waals surface area contributed by atoms with Crippen LogP contribution < -0.4 is 10.2 Å². The first-order chi connectivity index (χ1) is 8.75. The Hall–Kier alpha value is -1.55. The van der Waals surface area contributed by atoms with Crippen molar-refractivity contribution in [2.24, 2.45) is 0 Å². The predicted molar refractivity (Wildman–Crippen MR) is 73.2 cm³/mol. The molecule has 0 atom stereocenters. The number of aromatic nitrogens is 1. The van der Waals surface area contributed by atoms with Crippen molar-refractivity contribution >= 4 is 16.8 Å². The van der Waals surface area contributed by atoms with Crippen LogP contribution in [0, 0.1) is 0 Å². The van der Waals surface area contributed by atoms with Gasteiger partial charge in [0.05, 0.1) is 5.69 Å². The monoisotopic (exact) mass is 245 g/mol. The number of nitrogens with zero attached hydrogens (tertiary/aromatic N) is 2. The SMILES string of the molecule is CC(C)c1nc2c(N3CCNCC3)cccc2o1. The zero-order chi connectivity index (χ0) is 12.5. The first-order valence-corrected chi connectivity index (χ1v) is 6.61. The van der Waals surface area contributed by atoms with Gasteiger partial charge >= 0.3 is 0 Å². The van der Waals surface area contributed by atoms with Crippen molar-refractivity contribution in [3.63, 3.8) is 0 Å². The van der Waals surface area contributed by atoms with Crippen LogP contribution >= 0.6 is 0 Å². The summed E-state index contributed by atoms with van der Waals surface area (Å²) < 4.78 is 5.81. The lowest BCUT2D eigenvalue weighted by Gasteiger charge is -2.29. The maximum atomic E-state index is 5.81. The molecule has 2 aromatic rings. The molecule has 1 aromatic heterocycles. The molecule has 4 nitrogen and oxygen atoms in total. The number of anilines is 1. The van der Waals surface area contributed by atoms with Crippen LogP contribution in [0.3, 0.4) is 0 Å². The highest BCUT2D eigenvalue weighted by atomic mass is 16.3. The van der Waals surface area contributed by atoms with Crippen LogP contribution in [0.2, 0.25) is 0 Å². The van der Waals surface area contributed by atoms with Crippen LogP contribution in [-0.2, 0) is 0 Å². The molecule has 0 spiro atoms. The number of hydrogen-bond donors (Lipinski definition) is 1. The molecule has 18 heavy (non-hydrogen) atoms. The number of para-hydroxylation sites is 1. The molecule has 1 fully saturated rings. The highest BCUT2D eigenvalue weighted by Gasteiger charge is 2.17. The van der Waals surface area contributed by atoms with Crippen LogP contribution in [0.5, 0.6) is 0 Å². The fraction of sp³-hybridized carbons (Fsp3) is 0.500. The van der Waals surface area contributed by atoms with E-state index >= 15 is 0 Å². The third kappa shape index (κ3) is 1.97. The van der Waals surface area contributed by atoms with E-state index in [0.29, 0.717) is 5.92 Å². The molecule has 0 unspecified atom stereocenters. The van der Waals surface area contributed by atoms with E-state index in [4.69, 9.17) is 4.42 Å². The minimum atomic E-state index is 0.327. The second-order valence-electron chi connectivity index (χ2n) is 5.07. The Labute approximate surface area is 107 Å². The second-order valence-corrected chi connectivity index (χ2v) is 5.07. The molecule has 0 saturated carbocycles. The number of piperazine rings is 1. The zero-order valence-corrected chi connectivity index (χ0v) is 10.9. The largest absolute Gasteiger partial charge is 0.440 e. The van der Waals surface area contributed by atoms with Gasteiger partial charge in [-0.1, -0.05) is 19.9 Å². The lowest BCUT2D eigenvalue weighted by atomic mass is 10.2. The molecule has 1 aromatic carbocycles. The molecular weight excluding hydrogens is 226 g/mol. The van der Waals surface area contributed by atoms with Crippen LogP contribution in [0.15, 0.2) is 22.6 Å². The molecule has 3 rings (SSSR count). The highest BCUT2D eigenvalue weighted by molar-refractivity contribution is 5.87. The van der Waals surface area contributed by atoms with Crippen molar-refractivity contribution in [1.82, 2.24) is 10.3 Å². The number of hydrogen-bond acceptors (Lipinski definition) is 4. The summed E-state index contributed by atoms with van der Waals surface area (Å²) in [6, 6.07) is 6.19. The first-order valence-electron chi connectivity index (χ1n) is 6.61. The fourth-order valence-electron chi connectivity index (χ4n) is 2.36. The number of fused-ring (bicyclic) bond motifs is 1. The Morgan fingerprint density at radius 3 is 2.78 bits per heavy atom. The van der Waals surface area contributed by atoms with Crippen LogP contribution in [-0.4, -0.2) is 31.2 Å². The highest BCUT2D eigenvalue weighted by Crippen LogP contribution is 2.29. The molecule has 1 saturated heterocycles. The van der Waals surface area contributed by atoms with E-state index in [0.717, 1.165) is 43.2 Å². The topological polar surface area (TPSA) is 41.3 Å². The molecule has 1 N–H and O–H groups in total. The number of rotatable bonds is 2. The summed E-state index contributed by atoms with van der Waals surface area (Å²) in [5.74, 6) is 1.15. The smallest absolute Gasteiger partial charge is 0.198 e. The molecule has 0 aliphatic carbocycles. The zero-order valence-electron chi connectivity index (χ0n) is 10.9. The average molecular weight is 245 g/mol. The Morgan fingerprint density at radius 2 is 2.06 bits per heavy atom. The van der Waals surface area contributed by atoms with Gasteiger partial charge in [0.15, 0.2) is 11.5 Å². The molecule has 0 amide bonds. The normalized spacial score (nSPS) is 16.7. The summed E-state index contributed by atoms with van der Waals surface area (Å²) in [6.07, 6.45) is 0. The molecule has 0 bridgehead atoms. The fourth-order valence-corrected chi connectivity index (χ4v) is 2.36. The molecule has 1 aliphatic heterocycles. The lowest BCUT2D eigenvalue weighted by molar-refractivity contribution is 0.501. The molecular formula is C14H19N3O. The summed E-state index contributed by atoms with van der Waals surface area (Å²) in [4.78, 5) is 7.04. The first kappa shape index (κ1) is 11.5. The predicted octanol–water partition coefficient (Wildman–Crippen LogP) is 2.36. The molecule has 4 heteroatoms. The van der Waals surface area contributed by atoms with E-state index in [-0.39, 0.29) is 0 Å². The van der Waals surface area contributed by atoms with Gasteiger partial charge in [-0.25, -0.2) is 4.98 Å². The molecule has 96 valence electrons. The summed E-state index contributed by atoms with van der Waals surface area (Å²) in [5.41, 5.74) is 3.10. The number of nitrogens with one attached hydrogen (secondary N) is 1. The van der Waals surface area contributed by atoms with Gasteiger partial charge in [-0.2, -0.15) is 0 Å². The Bertz CT molecular complexity index is 541. The van der Waals surface area contributed by atoms with Gasteiger partial charge < -0.3 is 14.6 Å². The standard InChI is InChI=1S/C14H19N3O/c1-10(2)14-16-13-11(4-3-5-12(13)18-14)17-8-6-15-7-9-17/h3-5,10,15H,6-9H2,1-2H3. The third-order valence-corrected chi connectivity index (χ3v) is 3.37. The summed E-state index contributed by atoms with van der Waals surface area (Å²) in [7, 11) is 0. The minimum Gasteiger partial charge on any atom is -0.440 e. The Kier molecular flexibility index (Phi) is 2.96. The summed E-state index contributed by atoms with van der Waals surface area (Å²) >= 11 is 0. The summed E-state index contributed by atoms with van der Waals surface area (Å²) in [5, 5.41) is 3.37. The molecule has 0 radical (unpaired) electrons. The van der Waals surface area contributed by atoms with Crippen molar-refractivity contribution in [1.29, 1.82) is 0 Å². The van der Waals surface area contributed by atoms with Crippen molar-refractivity contribution in [3.05, 3.63) is 24.1 Å². The van der Waals surface area contributed by atoms with Gasteiger partial charge in [-0.15, -0.1) is 0 Å². The second kappa shape index (κ2) is 4.61. The Balaban J connectivity index is 2.05. The third-order valence-electron chi connectivity index (χ3n) is 3.37. The van der Waals surface area contributed by atoms with Gasteiger partial charge in [0.2, 0.25) is 0 Å². The van der Waals surface area contributed by atoms with Crippen molar-refractivity contribution < 1.29 is 4.42 Å². The molecule has 2 heterocycles. The Morgan fingerprint density at radius 1 is 1.28 bits per heavy atom. The van der Waals surface area contributed by atoms with Crippen LogP contribution in [0.1, 0.15) is 25.7 Å². The van der Waals surface area contributed by atoms with E-state index in [1.165, 1.54) is 5.69 Å². The van der Waals surface area contributed by atoms with Gasteiger partial charge in [-0.3, -0.25) is 0 Å². The van der Waals surface area contributed by atoms with Gasteiger partial charge in [0, 0.05) is 32.1 Å².